The van der Waals surface area contributed by atoms with Crippen molar-refractivity contribution in [2.24, 2.45) is 0 Å². The molecule has 1 N–H and O–H groups in total. The van der Waals surface area contributed by atoms with Crippen molar-refractivity contribution in [2.75, 3.05) is 42.9 Å². The molecule has 138 valence electrons. The molecule has 1 aliphatic heterocycles. The van der Waals surface area contributed by atoms with Gasteiger partial charge in [0.05, 0.1) is 6.42 Å². The van der Waals surface area contributed by atoms with E-state index in [2.05, 4.69) is 39.2 Å². The third-order valence-corrected chi connectivity index (χ3v) is 4.57. The molecule has 0 spiro atoms. The number of carbonyl (C=O) groups excluding carboxylic acids is 1. The highest BCUT2D eigenvalue weighted by molar-refractivity contribution is 5.79. The van der Waals surface area contributed by atoms with E-state index in [1.165, 1.54) is 5.56 Å². The molecular formula is C20H27N5O. The molecule has 6 heteroatoms. The van der Waals surface area contributed by atoms with Crippen LogP contribution in [-0.2, 0) is 11.2 Å². The Morgan fingerprint density at radius 2 is 1.88 bits per heavy atom. The van der Waals surface area contributed by atoms with Crippen LogP contribution in [0.1, 0.15) is 23.7 Å². The van der Waals surface area contributed by atoms with Crippen molar-refractivity contribution in [2.45, 2.75) is 27.2 Å². The molecule has 3 rings (SSSR count). The first-order valence-electron chi connectivity index (χ1n) is 9.23. The molecule has 1 fully saturated rings. The van der Waals surface area contributed by atoms with E-state index in [0.29, 0.717) is 12.4 Å². The van der Waals surface area contributed by atoms with Crippen LogP contribution < -0.4 is 10.2 Å². The molecule has 0 radical (unpaired) electrons. The highest BCUT2D eigenvalue weighted by Gasteiger charge is 2.22. The molecule has 2 aromatic rings. The second-order valence-corrected chi connectivity index (χ2v) is 6.76. The van der Waals surface area contributed by atoms with Crippen LogP contribution in [0.3, 0.4) is 0 Å². The van der Waals surface area contributed by atoms with Gasteiger partial charge < -0.3 is 15.1 Å². The van der Waals surface area contributed by atoms with Gasteiger partial charge in [0, 0.05) is 44.5 Å². The fraction of sp³-hybridized carbons (Fsp3) is 0.450. The van der Waals surface area contributed by atoms with E-state index >= 15 is 0 Å². The zero-order valence-electron chi connectivity index (χ0n) is 15.8. The molecule has 0 bridgehead atoms. The third kappa shape index (κ3) is 4.50. The summed E-state index contributed by atoms with van der Waals surface area (Å²) in [7, 11) is 0. The molecule has 0 aliphatic carbocycles. The summed E-state index contributed by atoms with van der Waals surface area (Å²) in [5.74, 6) is 1.79. The van der Waals surface area contributed by atoms with E-state index in [9.17, 15) is 4.79 Å². The summed E-state index contributed by atoms with van der Waals surface area (Å²) in [5, 5.41) is 3.17. The molecule has 1 saturated heterocycles. The Balaban J connectivity index is 1.59. The summed E-state index contributed by atoms with van der Waals surface area (Å²) in [5.41, 5.74) is 3.22. The van der Waals surface area contributed by atoms with Gasteiger partial charge in [-0.1, -0.05) is 29.8 Å². The van der Waals surface area contributed by atoms with E-state index in [-0.39, 0.29) is 5.91 Å². The molecule has 0 unspecified atom stereocenters. The molecule has 26 heavy (non-hydrogen) atoms. The number of aryl methyl sites for hydroxylation is 2. The second kappa shape index (κ2) is 8.17. The maximum atomic E-state index is 12.6. The number of rotatable bonds is 5. The van der Waals surface area contributed by atoms with Gasteiger partial charge in [0.2, 0.25) is 11.9 Å². The van der Waals surface area contributed by atoms with Crippen LogP contribution in [0.15, 0.2) is 30.3 Å². The first-order chi connectivity index (χ1) is 12.5. The Hall–Kier alpha value is -2.63. The number of carbonyl (C=O) groups is 1. The van der Waals surface area contributed by atoms with Gasteiger partial charge >= 0.3 is 0 Å². The van der Waals surface area contributed by atoms with Crippen LogP contribution in [-0.4, -0.2) is 53.5 Å². The van der Waals surface area contributed by atoms with Gasteiger partial charge in [-0.25, -0.2) is 4.98 Å². The zero-order valence-corrected chi connectivity index (χ0v) is 15.8. The number of nitrogens with one attached hydrogen (secondary N) is 1. The first-order valence-corrected chi connectivity index (χ1v) is 9.23. The molecule has 0 atom stereocenters. The van der Waals surface area contributed by atoms with E-state index in [4.69, 9.17) is 0 Å². The van der Waals surface area contributed by atoms with Gasteiger partial charge in [0.15, 0.2) is 0 Å². The molecular weight excluding hydrogens is 326 g/mol. The van der Waals surface area contributed by atoms with Gasteiger partial charge in [-0.2, -0.15) is 4.98 Å². The minimum atomic E-state index is 0.197. The quantitative estimate of drug-likeness (QED) is 0.894. The summed E-state index contributed by atoms with van der Waals surface area (Å²) in [4.78, 5) is 25.8. The topological polar surface area (TPSA) is 61.4 Å². The second-order valence-electron chi connectivity index (χ2n) is 6.76. The molecule has 1 aliphatic rings. The molecule has 6 nitrogen and oxygen atoms in total. The van der Waals surface area contributed by atoms with Crippen molar-refractivity contribution in [3.63, 3.8) is 0 Å². The summed E-state index contributed by atoms with van der Waals surface area (Å²) < 4.78 is 0. The fourth-order valence-corrected chi connectivity index (χ4v) is 3.24. The van der Waals surface area contributed by atoms with Crippen molar-refractivity contribution < 1.29 is 4.79 Å². The van der Waals surface area contributed by atoms with Crippen molar-refractivity contribution in [3.05, 3.63) is 47.2 Å². The van der Waals surface area contributed by atoms with Crippen LogP contribution in [0.2, 0.25) is 0 Å². The molecule has 2 heterocycles. The van der Waals surface area contributed by atoms with Crippen LogP contribution in [0.25, 0.3) is 0 Å². The largest absolute Gasteiger partial charge is 0.354 e. The highest BCUT2D eigenvalue weighted by Crippen LogP contribution is 2.17. The lowest BCUT2D eigenvalue weighted by Crippen LogP contribution is -2.49. The smallest absolute Gasteiger partial charge is 0.227 e. The van der Waals surface area contributed by atoms with Crippen LogP contribution in [0.4, 0.5) is 11.8 Å². The van der Waals surface area contributed by atoms with E-state index < -0.39 is 0 Å². The zero-order chi connectivity index (χ0) is 18.5. The lowest BCUT2D eigenvalue weighted by Gasteiger charge is -2.35. The Morgan fingerprint density at radius 3 is 2.58 bits per heavy atom. The average molecular weight is 353 g/mol. The number of hydrogen-bond donors (Lipinski definition) is 1. The SMILES string of the molecule is CCNc1nc(C)cc(N2CCN(C(=O)Cc3cccc(C)c3)CC2)n1. The van der Waals surface area contributed by atoms with E-state index in [0.717, 1.165) is 49.8 Å². The van der Waals surface area contributed by atoms with Gasteiger partial charge in [-0.05, 0) is 26.3 Å². The number of anilines is 2. The van der Waals surface area contributed by atoms with Crippen molar-refractivity contribution in [3.8, 4) is 0 Å². The van der Waals surface area contributed by atoms with E-state index in [1.807, 2.05) is 36.9 Å². The third-order valence-electron chi connectivity index (χ3n) is 4.57. The maximum absolute atomic E-state index is 12.6. The number of nitrogens with zero attached hydrogens (tertiary/aromatic N) is 4. The summed E-state index contributed by atoms with van der Waals surface area (Å²) in [6.07, 6.45) is 0.471. The maximum Gasteiger partial charge on any atom is 0.227 e. The molecule has 1 amide bonds. The van der Waals surface area contributed by atoms with Gasteiger partial charge in [0.1, 0.15) is 5.82 Å². The first kappa shape index (κ1) is 18.2. The summed E-state index contributed by atoms with van der Waals surface area (Å²) in [6, 6.07) is 10.2. The minimum Gasteiger partial charge on any atom is -0.354 e. The van der Waals surface area contributed by atoms with Crippen molar-refractivity contribution in [1.82, 2.24) is 14.9 Å². The number of hydrogen-bond acceptors (Lipinski definition) is 5. The average Bonchev–Trinajstić information content (AvgIpc) is 2.62. The fourth-order valence-electron chi connectivity index (χ4n) is 3.24. The highest BCUT2D eigenvalue weighted by atomic mass is 16.2. The molecule has 1 aromatic carbocycles. The number of amides is 1. The number of benzene rings is 1. The normalized spacial score (nSPS) is 14.4. The van der Waals surface area contributed by atoms with Crippen LogP contribution >= 0.6 is 0 Å². The lowest BCUT2D eigenvalue weighted by molar-refractivity contribution is -0.130. The van der Waals surface area contributed by atoms with Crippen LogP contribution in [0, 0.1) is 13.8 Å². The Kier molecular flexibility index (Phi) is 5.71. The standard InChI is InChI=1S/C20H27N5O/c1-4-21-20-22-16(3)13-18(23-20)24-8-10-25(11-9-24)19(26)14-17-7-5-6-15(2)12-17/h5-7,12-13H,4,8-11,14H2,1-3H3,(H,21,22,23). The monoisotopic (exact) mass is 353 g/mol. The predicted molar refractivity (Wildman–Crippen MR) is 105 cm³/mol. The van der Waals surface area contributed by atoms with Gasteiger partial charge in [-0.3, -0.25) is 4.79 Å². The number of aromatic nitrogens is 2. The van der Waals surface area contributed by atoms with Gasteiger partial charge in [-0.15, -0.1) is 0 Å². The predicted octanol–water partition coefficient (Wildman–Crippen LogP) is 2.42. The molecule has 0 saturated carbocycles. The Morgan fingerprint density at radius 1 is 1.12 bits per heavy atom. The van der Waals surface area contributed by atoms with Gasteiger partial charge in [0.25, 0.3) is 0 Å². The minimum absolute atomic E-state index is 0.197. The van der Waals surface area contributed by atoms with E-state index in [1.54, 1.807) is 0 Å². The summed E-state index contributed by atoms with van der Waals surface area (Å²) in [6.45, 7) is 9.90. The summed E-state index contributed by atoms with van der Waals surface area (Å²) >= 11 is 0. The van der Waals surface area contributed by atoms with Crippen molar-refractivity contribution >= 4 is 17.7 Å². The van der Waals surface area contributed by atoms with Crippen LogP contribution in [0.5, 0.6) is 0 Å². The lowest BCUT2D eigenvalue weighted by atomic mass is 10.1. The Labute approximate surface area is 155 Å². The molecule has 1 aromatic heterocycles. The number of piperazine rings is 1. The van der Waals surface area contributed by atoms with Crippen molar-refractivity contribution in [1.29, 1.82) is 0 Å². The Bertz CT molecular complexity index is 769.